The Labute approximate surface area is 132 Å². The second-order valence-electron chi connectivity index (χ2n) is 6.28. The molecule has 1 unspecified atom stereocenters. The lowest BCUT2D eigenvalue weighted by Crippen LogP contribution is -2.15. The number of hydrogen-bond acceptors (Lipinski definition) is 0. The Kier molecular flexibility index (Phi) is 4.73. The lowest BCUT2D eigenvalue weighted by molar-refractivity contribution is 0.506. The highest BCUT2D eigenvalue weighted by Crippen LogP contribution is 2.32. The van der Waals surface area contributed by atoms with Gasteiger partial charge in [0.05, 0.1) is 5.38 Å². The molecular weight excluding hydrogens is 283 g/mol. The van der Waals surface area contributed by atoms with Gasteiger partial charge < -0.3 is 0 Å². The van der Waals surface area contributed by atoms with Crippen LogP contribution in [-0.2, 0) is 5.41 Å². The van der Waals surface area contributed by atoms with Gasteiger partial charge in [-0.05, 0) is 53.1 Å². The molecule has 0 saturated heterocycles. The molecule has 2 rings (SSSR count). The van der Waals surface area contributed by atoms with Crippen molar-refractivity contribution in [3.63, 3.8) is 0 Å². The molecule has 0 spiro atoms. The minimum absolute atomic E-state index is 0.162. The van der Waals surface area contributed by atoms with Gasteiger partial charge in [-0.2, -0.15) is 0 Å². The first kappa shape index (κ1) is 16.0. The van der Waals surface area contributed by atoms with E-state index in [9.17, 15) is 4.39 Å². The third-order valence-corrected chi connectivity index (χ3v) is 4.73. The van der Waals surface area contributed by atoms with Crippen LogP contribution < -0.4 is 0 Å². The number of aryl methyl sites for hydroxylation is 1. The zero-order valence-corrected chi connectivity index (χ0v) is 13.8. The van der Waals surface area contributed by atoms with Gasteiger partial charge in [0.2, 0.25) is 0 Å². The summed E-state index contributed by atoms with van der Waals surface area (Å²) in [6.07, 6.45) is 1.08. The monoisotopic (exact) mass is 304 g/mol. The van der Waals surface area contributed by atoms with Crippen molar-refractivity contribution >= 4 is 11.6 Å². The largest absolute Gasteiger partial charge is 0.207 e. The summed E-state index contributed by atoms with van der Waals surface area (Å²) in [7, 11) is 0. The molecule has 0 amide bonds. The fourth-order valence-electron chi connectivity index (χ4n) is 2.41. The highest BCUT2D eigenvalue weighted by Gasteiger charge is 2.19. The molecule has 1 atom stereocenters. The fourth-order valence-corrected chi connectivity index (χ4v) is 2.68. The molecule has 2 aromatic carbocycles. The highest BCUT2D eigenvalue weighted by atomic mass is 35.5. The average molecular weight is 305 g/mol. The maximum absolute atomic E-state index is 13.5. The van der Waals surface area contributed by atoms with E-state index >= 15 is 0 Å². The van der Waals surface area contributed by atoms with Crippen molar-refractivity contribution in [2.75, 3.05) is 0 Å². The molecule has 2 aromatic rings. The predicted octanol–water partition coefficient (Wildman–Crippen LogP) is 6.15. The highest BCUT2D eigenvalue weighted by molar-refractivity contribution is 6.22. The van der Waals surface area contributed by atoms with Crippen molar-refractivity contribution in [1.29, 1.82) is 0 Å². The van der Waals surface area contributed by atoms with Gasteiger partial charge in [0.25, 0.3) is 0 Å². The van der Waals surface area contributed by atoms with Crippen LogP contribution in [0.3, 0.4) is 0 Å². The van der Waals surface area contributed by atoms with Crippen molar-refractivity contribution in [3.05, 3.63) is 70.5 Å². The molecule has 0 saturated carbocycles. The minimum atomic E-state index is -0.321. The van der Waals surface area contributed by atoms with Gasteiger partial charge in [-0.1, -0.05) is 51.1 Å². The van der Waals surface area contributed by atoms with Crippen LogP contribution in [0.1, 0.15) is 54.8 Å². The molecule has 2 heteroatoms. The van der Waals surface area contributed by atoms with E-state index in [4.69, 9.17) is 11.6 Å². The number of halogens is 2. The molecule has 0 heterocycles. The van der Waals surface area contributed by atoms with E-state index in [1.54, 1.807) is 0 Å². The van der Waals surface area contributed by atoms with Crippen LogP contribution >= 0.6 is 11.6 Å². The summed E-state index contributed by atoms with van der Waals surface area (Å²) in [6, 6.07) is 13.3. The third-order valence-electron chi connectivity index (χ3n) is 4.23. The van der Waals surface area contributed by atoms with E-state index in [1.165, 1.54) is 17.7 Å². The number of benzene rings is 2. The first-order valence-corrected chi connectivity index (χ1v) is 7.79. The Morgan fingerprint density at radius 3 is 2.19 bits per heavy atom. The topological polar surface area (TPSA) is 0 Å². The zero-order chi connectivity index (χ0) is 15.6. The quantitative estimate of drug-likeness (QED) is 0.594. The van der Waals surface area contributed by atoms with Gasteiger partial charge in [0.1, 0.15) is 5.82 Å². The van der Waals surface area contributed by atoms with Gasteiger partial charge in [-0.3, -0.25) is 0 Å². The van der Waals surface area contributed by atoms with Crippen LogP contribution in [0, 0.1) is 12.7 Å². The van der Waals surface area contributed by atoms with Crippen LogP contribution in [0.4, 0.5) is 4.39 Å². The Balaban J connectivity index is 2.30. The standard InChI is InChI=1S/C19H22ClF/c1-5-19(3,4)16-8-6-14(7-9-16)18(20)15-10-13(2)11-17(21)12-15/h6-12,18H,5H2,1-4H3. The Bertz CT molecular complexity index is 594. The molecule has 0 fully saturated rings. The summed E-state index contributed by atoms with van der Waals surface area (Å²) >= 11 is 6.51. The van der Waals surface area contributed by atoms with Crippen molar-refractivity contribution in [3.8, 4) is 0 Å². The molecule has 112 valence electrons. The fraction of sp³-hybridized carbons (Fsp3) is 0.368. The van der Waals surface area contributed by atoms with E-state index in [0.29, 0.717) is 0 Å². The van der Waals surface area contributed by atoms with Crippen molar-refractivity contribution < 1.29 is 4.39 Å². The molecule has 0 aliphatic rings. The van der Waals surface area contributed by atoms with E-state index in [-0.39, 0.29) is 16.6 Å². The Hall–Kier alpha value is -1.34. The first-order chi connectivity index (χ1) is 9.83. The number of alkyl halides is 1. The van der Waals surface area contributed by atoms with Gasteiger partial charge in [-0.15, -0.1) is 11.6 Å². The van der Waals surface area contributed by atoms with E-state index in [2.05, 4.69) is 32.9 Å². The van der Waals surface area contributed by atoms with Crippen LogP contribution in [-0.4, -0.2) is 0 Å². The zero-order valence-electron chi connectivity index (χ0n) is 13.1. The van der Waals surface area contributed by atoms with Crippen LogP contribution in [0.25, 0.3) is 0 Å². The van der Waals surface area contributed by atoms with Gasteiger partial charge >= 0.3 is 0 Å². The predicted molar refractivity (Wildman–Crippen MR) is 88.6 cm³/mol. The summed E-state index contributed by atoms with van der Waals surface area (Å²) in [5.74, 6) is -0.237. The van der Waals surface area contributed by atoms with Crippen molar-refractivity contribution in [2.45, 2.75) is 44.9 Å². The number of hydrogen-bond donors (Lipinski definition) is 0. The summed E-state index contributed by atoms with van der Waals surface area (Å²) < 4.78 is 13.5. The molecule has 0 aromatic heterocycles. The molecule has 0 aliphatic heterocycles. The van der Waals surface area contributed by atoms with Gasteiger partial charge in [-0.25, -0.2) is 4.39 Å². The molecule has 0 aliphatic carbocycles. The average Bonchev–Trinajstić information content (AvgIpc) is 2.45. The summed E-state index contributed by atoms with van der Waals surface area (Å²) in [5.41, 5.74) is 4.15. The normalized spacial score (nSPS) is 13.2. The molecule has 0 nitrogen and oxygen atoms in total. The summed E-state index contributed by atoms with van der Waals surface area (Å²) in [5, 5.41) is -0.321. The van der Waals surface area contributed by atoms with Crippen LogP contribution in [0.15, 0.2) is 42.5 Å². The molecule has 0 radical (unpaired) electrons. The lowest BCUT2D eigenvalue weighted by Gasteiger charge is -2.24. The van der Waals surface area contributed by atoms with Crippen molar-refractivity contribution in [2.24, 2.45) is 0 Å². The molecule has 0 N–H and O–H groups in total. The van der Waals surface area contributed by atoms with E-state index in [0.717, 1.165) is 23.1 Å². The second kappa shape index (κ2) is 6.19. The van der Waals surface area contributed by atoms with Crippen molar-refractivity contribution in [1.82, 2.24) is 0 Å². The van der Waals surface area contributed by atoms with Crippen LogP contribution in [0.2, 0.25) is 0 Å². The second-order valence-corrected chi connectivity index (χ2v) is 6.72. The molecule has 0 bridgehead atoms. The maximum Gasteiger partial charge on any atom is 0.123 e. The molecule has 21 heavy (non-hydrogen) atoms. The van der Waals surface area contributed by atoms with E-state index < -0.39 is 0 Å². The van der Waals surface area contributed by atoms with Gasteiger partial charge in [0, 0.05) is 0 Å². The Morgan fingerprint density at radius 2 is 1.67 bits per heavy atom. The lowest BCUT2D eigenvalue weighted by atomic mass is 9.82. The van der Waals surface area contributed by atoms with E-state index in [1.807, 2.05) is 25.1 Å². The first-order valence-electron chi connectivity index (χ1n) is 7.35. The third kappa shape index (κ3) is 3.65. The van der Waals surface area contributed by atoms with Crippen LogP contribution in [0.5, 0.6) is 0 Å². The summed E-state index contributed by atoms with van der Waals surface area (Å²) in [4.78, 5) is 0. The number of rotatable bonds is 4. The summed E-state index contributed by atoms with van der Waals surface area (Å²) in [6.45, 7) is 8.53. The minimum Gasteiger partial charge on any atom is -0.207 e. The SMILES string of the molecule is CCC(C)(C)c1ccc(C(Cl)c2cc(C)cc(F)c2)cc1. The Morgan fingerprint density at radius 1 is 1.05 bits per heavy atom. The van der Waals surface area contributed by atoms with Gasteiger partial charge in [0.15, 0.2) is 0 Å². The smallest absolute Gasteiger partial charge is 0.123 e. The maximum atomic E-state index is 13.5. The molecular formula is C19H22ClF.